The zero-order chi connectivity index (χ0) is 17.6. The molecule has 0 spiro atoms. The van der Waals surface area contributed by atoms with Crippen molar-refractivity contribution in [3.63, 3.8) is 0 Å². The number of rotatable bonds is 1. The zero-order valence-electron chi connectivity index (χ0n) is 14.2. The van der Waals surface area contributed by atoms with E-state index in [1.807, 2.05) is 43.3 Å². The summed E-state index contributed by atoms with van der Waals surface area (Å²) in [6.07, 6.45) is -1.44. The molecule has 0 saturated carbocycles. The van der Waals surface area contributed by atoms with Crippen molar-refractivity contribution in [2.24, 2.45) is 0 Å². The van der Waals surface area contributed by atoms with Crippen LogP contribution < -0.4 is 4.74 Å². The number of aromatic hydroxyl groups is 1. The molecule has 24 heavy (non-hydrogen) atoms. The molecule has 4 nitrogen and oxygen atoms in total. The van der Waals surface area contributed by atoms with Gasteiger partial charge in [0.1, 0.15) is 0 Å². The zero-order valence-corrected chi connectivity index (χ0v) is 14.2. The van der Waals surface area contributed by atoms with Gasteiger partial charge in [0, 0.05) is 10.8 Å². The van der Waals surface area contributed by atoms with E-state index in [2.05, 4.69) is 20.8 Å². The van der Waals surface area contributed by atoms with Gasteiger partial charge in [0.05, 0.1) is 0 Å². The standard InChI is InChI=1S/C20H20O4/c1-11-6-5-7-13-15-10-12(20(2,3)4)8-9-14(15)18(24-19(22)23)17(21)16(11)13/h5-10,21H,1-4H3,(H,22,23). The molecule has 0 fully saturated rings. The number of aryl methyl sites for hydroxylation is 1. The average molecular weight is 324 g/mol. The van der Waals surface area contributed by atoms with Crippen molar-refractivity contribution in [2.75, 3.05) is 0 Å². The molecule has 124 valence electrons. The molecule has 0 unspecified atom stereocenters. The number of carbonyl (C=O) groups is 1. The fraction of sp³-hybridized carbons (Fsp3) is 0.250. The van der Waals surface area contributed by atoms with Gasteiger partial charge in [-0.2, -0.15) is 0 Å². The highest BCUT2D eigenvalue weighted by Crippen LogP contribution is 2.45. The third-order valence-electron chi connectivity index (χ3n) is 4.33. The maximum atomic E-state index is 11.1. The van der Waals surface area contributed by atoms with Crippen LogP contribution in [-0.2, 0) is 5.41 Å². The van der Waals surface area contributed by atoms with Crippen molar-refractivity contribution >= 4 is 27.7 Å². The summed E-state index contributed by atoms with van der Waals surface area (Å²) in [4.78, 5) is 11.1. The molecule has 0 bridgehead atoms. The molecule has 4 heteroatoms. The second-order valence-electron chi connectivity index (χ2n) is 7.05. The molecule has 0 amide bonds. The minimum absolute atomic E-state index is 0.0141. The van der Waals surface area contributed by atoms with E-state index in [1.165, 1.54) is 0 Å². The van der Waals surface area contributed by atoms with Crippen LogP contribution in [0.5, 0.6) is 11.5 Å². The lowest BCUT2D eigenvalue weighted by Gasteiger charge is -2.21. The van der Waals surface area contributed by atoms with Crippen LogP contribution in [0, 0.1) is 6.92 Å². The Kier molecular flexibility index (Phi) is 3.63. The smallest absolute Gasteiger partial charge is 0.504 e. The van der Waals surface area contributed by atoms with Gasteiger partial charge < -0.3 is 14.9 Å². The number of carboxylic acid groups (broad SMARTS) is 1. The second kappa shape index (κ2) is 5.41. The number of hydrogen-bond acceptors (Lipinski definition) is 3. The van der Waals surface area contributed by atoms with E-state index >= 15 is 0 Å². The van der Waals surface area contributed by atoms with Gasteiger partial charge in [0.15, 0.2) is 11.5 Å². The van der Waals surface area contributed by atoms with E-state index in [9.17, 15) is 9.90 Å². The maximum absolute atomic E-state index is 11.1. The fourth-order valence-electron chi connectivity index (χ4n) is 3.07. The Balaban J connectivity index is 2.51. The Labute approximate surface area is 140 Å². The Morgan fingerprint density at radius 2 is 1.75 bits per heavy atom. The van der Waals surface area contributed by atoms with Gasteiger partial charge >= 0.3 is 6.16 Å². The van der Waals surface area contributed by atoms with Crippen molar-refractivity contribution in [3.05, 3.63) is 47.5 Å². The number of phenols is 1. The van der Waals surface area contributed by atoms with Crippen LogP contribution in [0.2, 0.25) is 0 Å². The Hall–Kier alpha value is -2.75. The van der Waals surface area contributed by atoms with Gasteiger partial charge in [-0.05, 0) is 40.3 Å². The van der Waals surface area contributed by atoms with Gasteiger partial charge in [-0.15, -0.1) is 0 Å². The minimum Gasteiger partial charge on any atom is -0.504 e. The third-order valence-corrected chi connectivity index (χ3v) is 4.33. The summed E-state index contributed by atoms with van der Waals surface area (Å²) in [6.45, 7) is 8.25. The van der Waals surface area contributed by atoms with Gasteiger partial charge in [-0.1, -0.05) is 51.1 Å². The molecular weight excluding hydrogens is 304 g/mol. The van der Waals surface area contributed by atoms with E-state index < -0.39 is 6.16 Å². The van der Waals surface area contributed by atoms with Gasteiger partial charge in [0.25, 0.3) is 0 Å². The SMILES string of the molecule is Cc1cccc2c1c(O)c(OC(=O)O)c1ccc(C(C)(C)C)cc12. The van der Waals surface area contributed by atoms with Gasteiger partial charge in [0.2, 0.25) is 0 Å². The summed E-state index contributed by atoms with van der Waals surface area (Å²) in [5, 5.41) is 22.6. The number of ether oxygens (including phenoxy) is 1. The van der Waals surface area contributed by atoms with Crippen LogP contribution in [0.1, 0.15) is 31.9 Å². The summed E-state index contributed by atoms with van der Waals surface area (Å²) < 4.78 is 4.91. The molecule has 0 atom stereocenters. The molecule has 3 aromatic carbocycles. The molecule has 2 N–H and O–H groups in total. The van der Waals surface area contributed by atoms with Crippen LogP contribution >= 0.6 is 0 Å². The quantitative estimate of drug-likeness (QED) is 0.359. The highest BCUT2D eigenvalue weighted by molar-refractivity contribution is 6.15. The van der Waals surface area contributed by atoms with Gasteiger partial charge in [-0.3, -0.25) is 0 Å². The van der Waals surface area contributed by atoms with Crippen molar-refractivity contribution < 1.29 is 19.7 Å². The Morgan fingerprint density at radius 1 is 1.04 bits per heavy atom. The second-order valence-corrected chi connectivity index (χ2v) is 7.05. The first-order chi connectivity index (χ1) is 11.2. The lowest BCUT2D eigenvalue weighted by molar-refractivity contribution is 0.143. The first-order valence-corrected chi connectivity index (χ1v) is 7.79. The lowest BCUT2D eigenvalue weighted by Crippen LogP contribution is -2.11. The molecule has 0 radical (unpaired) electrons. The van der Waals surface area contributed by atoms with E-state index in [4.69, 9.17) is 9.84 Å². The number of hydrogen-bond donors (Lipinski definition) is 2. The maximum Gasteiger partial charge on any atom is 0.511 e. The molecule has 3 aromatic rings. The topological polar surface area (TPSA) is 66.8 Å². The molecule has 0 aliphatic carbocycles. The largest absolute Gasteiger partial charge is 0.511 e. The number of fused-ring (bicyclic) bond motifs is 3. The van der Waals surface area contributed by atoms with E-state index in [0.717, 1.165) is 21.9 Å². The number of phenolic OH excluding ortho intramolecular Hbond substituents is 1. The predicted molar refractivity (Wildman–Crippen MR) is 95.2 cm³/mol. The molecule has 0 aromatic heterocycles. The number of benzene rings is 3. The van der Waals surface area contributed by atoms with Crippen molar-refractivity contribution in [3.8, 4) is 11.5 Å². The van der Waals surface area contributed by atoms with Crippen molar-refractivity contribution in [1.29, 1.82) is 0 Å². The first-order valence-electron chi connectivity index (χ1n) is 7.79. The van der Waals surface area contributed by atoms with E-state index in [1.54, 1.807) is 0 Å². The molecular formula is C20H20O4. The van der Waals surface area contributed by atoms with Crippen molar-refractivity contribution in [2.45, 2.75) is 33.1 Å². The predicted octanol–water partition coefficient (Wildman–Crippen LogP) is 5.36. The first kappa shape index (κ1) is 16.1. The van der Waals surface area contributed by atoms with Crippen LogP contribution in [0.4, 0.5) is 4.79 Å². The highest BCUT2D eigenvalue weighted by Gasteiger charge is 2.21. The minimum atomic E-state index is -1.44. The van der Waals surface area contributed by atoms with E-state index in [-0.39, 0.29) is 16.9 Å². The summed E-state index contributed by atoms with van der Waals surface area (Å²) in [5.41, 5.74) is 1.95. The lowest BCUT2D eigenvalue weighted by atomic mass is 9.85. The van der Waals surface area contributed by atoms with Crippen LogP contribution in [0.3, 0.4) is 0 Å². The molecule has 0 aliphatic rings. The van der Waals surface area contributed by atoms with Gasteiger partial charge in [-0.25, -0.2) is 4.79 Å². The Morgan fingerprint density at radius 3 is 2.38 bits per heavy atom. The average Bonchev–Trinajstić information content (AvgIpc) is 2.49. The molecule has 3 rings (SSSR count). The summed E-state index contributed by atoms with van der Waals surface area (Å²) in [5.74, 6) is -0.152. The van der Waals surface area contributed by atoms with Crippen LogP contribution in [0.25, 0.3) is 21.5 Å². The summed E-state index contributed by atoms with van der Waals surface area (Å²) in [7, 11) is 0. The highest BCUT2D eigenvalue weighted by atomic mass is 16.7. The van der Waals surface area contributed by atoms with Crippen LogP contribution in [0.15, 0.2) is 36.4 Å². The molecule has 0 heterocycles. The van der Waals surface area contributed by atoms with Crippen molar-refractivity contribution in [1.82, 2.24) is 0 Å². The Bertz CT molecular complexity index is 965. The summed E-state index contributed by atoms with van der Waals surface area (Å²) >= 11 is 0. The monoisotopic (exact) mass is 324 g/mol. The van der Waals surface area contributed by atoms with Crippen LogP contribution in [-0.4, -0.2) is 16.4 Å². The fourth-order valence-corrected chi connectivity index (χ4v) is 3.07. The van der Waals surface area contributed by atoms with E-state index in [0.29, 0.717) is 10.8 Å². The molecule has 0 aliphatic heterocycles. The molecule has 0 saturated heterocycles. The normalized spacial score (nSPS) is 11.8. The third kappa shape index (κ3) is 2.54. The summed E-state index contributed by atoms with van der Waals surface area (Å²) in [6, 6.07) is 11.5.